The van der Waals surface area contributed by atoms with Crippen molar-refractivity contribution in [3.8, 4) is 0 Å². The van der Waals surface area contributed by atoms with Crippen molar-refractivity contribution >= 4 is 0 Å². The highest BCUT2D eigenvalue weighted by molar-refractivity contribution is 5.19. The zero-order valence-corrected chi connectivity index (χ0v) is 11.2. The molecule has 19 heavy (non-hydrogen) atoms. The number of hydrogen-bond donors (Lipinski definition) is 2. The maximum absolute atomic E-state index is 11.9. The van der Waals surface area contributed by atoms with Gasteiger partial charge in [0.05, 0.1) is 5.56 Å². The summed E-state index contributed by atoms with van der Waals surface area (Å²) in [4.78, 5) is 22.8. The molecule has 0 saturated carbocycles. The number of nitrogens with one attached hydrogen (secondary N) is 2. The first-order valence-electron chi connectivity index (χ1n) is 6.14. The molecule has 0 spiro atoms. The average molecular weight is 263 g/mol. The van der Waals surface area contributed by atoms with Gasteiger partial charge in [0.25, 0.3) is 5.56 Å². The molecule has 2 N–H and O–H groups in total. The van der Waals surface area contributed by atoms with Crippen LogP contribution in [0.25, 0.3) is 0 Å². The van der Waals surface area contributed by atoms with E-state index < -0.39 is 0 Å². The number of rotatable bonds is 5. The summed E-state index contributed by atoms with van der Waals surface area (Å²) in [6.45, 7) is 6.21. The van der Waals surface area contributed by atoms with E-state index in [1.165, 1.54) is 6.39 Å². The number of aryl methyl sites for hydroxylation is 2. The molecule has 0 bridgehead atoms. The fourth-order valence-corrected chi connectivity index (χ4v) is 2.05. The van der Waals surface area contributed by atoms with Gasteiger partial charge in [0.2, 0.25) is 6.39 Å². The first kappa shape index (κ1) is 13.4. The van der Waals surface area contributed by atoms with Crippen LogP contribution in [0, 0.1) is 13.8 Å². The van der Waals surface area contributed by atoms with Gasteiger partial charge < -0.3 is 14.8 Å². The van der Waals surface area contributed by atoms with Crippen molar-refractivity contribution in [3.05, 3.63) is 39.7 Å². The second-order valence-electron chi connectivity index (χ2n) is 4.42. The molecule has 102 valence electrons. The Labute approximate surface area is 110 Å². The standard InChI is InChI=1S/C12H17N5O2/c1-7(13-5-4-10-14-6-19-17-10)11-8(2)15-9(3)16-12(11)18/h6-7,13H,4-5H2,1-3H3,(H,15,16,18). The van der Waals surface area contributed by atoms with Crippen LogP contribution in [0.15, 0.2) is 15.7 Å². The maximum Gasteiger partial charge on any atom is 0.255 e. The lowest BCUT2D eigenvalue weighted by Crippen LogP contribution is -2.29. The fraction of sp³-hybridized carbons (Fsp3) is 0.500. The Morgan fingerprint density at radius 2 is 2.26 bits per heavy atom. The molecule has 2 rings (SSSR count). The van der Waals surface area contributed by atoms with E-state index in [1.54, 1.807) is 6.92 Å². The average Bonchev–Trinajstić information content (AvgIpc) is 2.80. The van der Waals surface area contributed by atoms with Gasteiger partial charge in [-0.25, -0.2) is 4.98 Å². The Kier molecular flexibility index (Phi) is 4.06. The second-order valence-corrected chi connectivity index (χ2v) is 4.42. The summed E-state index contributed by atoms with van der Waals surface area (Å²) in [5, 5.41) is 6.98. The van der Waals surface area contributed by atoms with Crippen molar-refractivity contribution in [2.45, 2.75) is 33.2 Å². The molecule has 2 heterocycles. The van der Waals surface area contributed by atoms with Crippen molar-refractivity contribution in [2.24, 2.45) is 0 Å². The van der Waals surface area contributed by atoms with Gasteiger partial charge >= 0.3 is 0 Å². The lowest BCUT2D eigenvalue weighted by molar-refractivity contribution is 0.408. The van der Waals surface area contributed by atoms with Gasteiger partial charge in [-0.3, -0.25) is 4.79 Å². The zero-order valence-electron chi connectivity index (χ0n) is 11.2. The van der Waals surface area contributed by atoms with Gasteiger partial charge in [0.1, 0.15) is 5.82 Å². The summed E-state index contributed by atoms with van der Waals surface area (Å²) in [5.74, 6) is 1.28. The molecule has 0 aliphatic rings. The van der Waals surface area contributed by atoms with Crippen LogP contribution < -0.4 is 10.9 Å². The molecule has 0 aliphatic carbocycles. The minimum Gasteiger partial charge on any atom is -0.343 e. The number of hydrogen-bond acceptors (Lipinski definition) is 6. The SMILES string of the molecule is Cc1nc(C)c(C(C)NCCc2ncon2)c(=O)[nH]1. The molecule has 0 amide bonds. The largest absolute Gasteiger partial charge is 0.343 e. The number of nitrogens with zero attached hydrogens (tertiary/aromatic N) is 3. The molecular weight excluding hydrogens is 246 g/mol. The third-order valence-corrected chi connectivity index (χ3v) is 2.90. The van der Waals surface area contributed by atoms with E-state index in [4.69, 9.17) is 0 Å². The van der Waals surface area contributed by atoms with Gasteiger partial charge in [-0.1, -0.05) is 5.16 Å². The third-order valence-electron chi connectivity index (χ3n) is 2.90. The molecule has 0 radical (unpaired) electrons. The summed E-state index contributed by atoms with van der Waals surface area (Å²) in [6, 6.07) is -0.0799. The minimum absolute atomic E-state index is 0.0799. The third kappa shape index (κ3) is 3.25. The van der Waals surface area contributed by atoms with Crippen LogP contribution in [0.3, 0.4) is 0 Å². The Balaban J connectivity index is 2.00. The normalized spacial score (nSPS) is 12.6. The maximum atomic E-state index is 11.9. The van der Waals surface area contributed by atoms with Gasteiger partial charge in [0, 0.05) is 24.7 Å². The quantitative estimate of drug-likeness (QED) is 0.822. The summed E-state index contributed by atoms with van der Waals surface area (Å²) in [6.07, 6.45) is 1.95. The molecule has 1 unspecified atom stereocenters. The molecule has 7 nitrogen and oxygen atoms in total. The van der Waals surface area contributed by atoms with E-state index in [0.29, 0.717) is 30.2 Å². The van der Waals surface area contributed by atoms with E-state index in [2.05, 4.69) is 29.9 Å². The Hall–Kier alpha value is -2.02. The lowest BCUT2D eigenvalue weighted by atomic mass is 10.1. The minimum atomic E-state index is -0.0930. The molecule has 1 atom stereocenters. The van der Waals surface area contributed by atoms with E-state index in [1.807, 2.05) is 13.8 Å². The first-order chi connectivity index (χ1) is 9.08. The van der Waals surface area contributed by atoms with Crippen LogP contribution in [-0.4, -0.2) is 26.7 Å². The molecule has 7 heteroatoms. The molecule has 0 aromatic carbocycles. The van der Waals surface area contributed by atoms with Crippen molar-refractivity contribution in [3.63, 3.8) is 0 Å². The molecular formula is C12H17N5O2. The summed E-state index contributed by atoms with van der Waals surface area (Å²) in [5.41, 5.74) is 1.32. The van der Waals surface area contributed by atoms with Crippen molar-refractivity contribution in [1.82, 2.24) is 25.4 Å². The number of aromatic amines is 1. The van der Waals surface area contributed by atoms with E-state index >= 15 is 0 Å². The van der Waals surface area contributed by atoms with Crippen LogP contribution >= 0.6 is 0 Å². The Morgan fingerprint density at radius 3 is 2.89 bits per heavy atom. The predicted molar refractivity (Wildman–Crippen MR) is 68.8 cm³/mol. The van der Waals surface area contributed by atoms with Crippen molar-refractivity contribution in [1.29, 1.82) is 0 Å². The fourth-order valence-electron chi connectivity index (χ4n) is 2.05. The second kappa shape index (κ2) is 5.75. The van der Waals surface area contributed by atoms with Crippen LogP contribution in [0.4, 0.5) is 0 Å². The predicted octanol–water partition coefficient (Wildman–Crippen LogP) is 0.663. The summed E-state index contributed by atoms with van der Waals surface area (Å²) in [7, 11) is 0. The van der Waals surface area contributed by atoms with Crippen LogP contribution in [-0.2, 0) is 6.42 Å². The first-order valence-corrected chi connectivity index (χ1v) is 6.14. The molecule has 0 saturated heterocycles. The van der Waals surface area contributed by atoms with Gasteiger partial charge in [-0.05, 0) is 20.8 Å². The molecule has 2 aromatic rings. The highest BCUT2D eigenvalue weighted by Crippen LogP contribution is 2.10. The highest BCUT2D eigenvalue weighted by Gasteiger charge is 2.14. The summed E-state index contributed by atoms with van der Waals surface area (Å²) < 4.78 is 4.65. The summed E-state index contributed by atoms with van der Waals surface area (Å²) >= 11 is 0. The smallest absolute Gasteiger partial charge is 0.255 e. The highest BCUT2D eigenvalue weighted by atomic mass is 16.5. The van der Waals surface area contributed by atoms with E-state index in [-0.39, 0.29) is 11.6 Å². The monoisotopic (exact) mass is 263 g/mol. The van der Waals surface area contributed by atoms with Gasteiger partial charge in [-0.15, -0.1) is 0 Å². The van der Waals surface area contributed by atoms with Crippen LogP contribution in [0.2, 0.25) is 0 Å². The zero-order chi connectivity index (χ0) is 13.8. The molecule has 2 aromatic heterocycles. The topological polar surface area (TPSA) is 96.7 Å². The van der Waals surface area contributed by atoms with E-state index in [0.717, 1.165) is 5.69 Å². The van der Waals surface area contributed by atoms with Gasteiger partial charge in [0.15, 0.2) is 5.82 Å². The van der Waals surface area contributed by atoms with Gasteiger partial charge in [-0.2, -0.15) is 4.98 Å². The van der Waals surface area contributed by atoms with Crippen molar-refractivity contribution < 1.29 is 4.52 Å². The van der Waals surface area contributed by atoms with Crippen LogP contribution in [0.5, 0.6) is 0 Å². The van der Waals surface area contributed by atoms with Crippen molar-refractivity contribution in [2.75, 3.05) is 6.54 Å². The van der Waals surface area contributed by atoms with E-state index in [9.17, 15) is 4.79 Å². The Morgan fingerprint density at radius 1 is 1.47 bits per heavy atom. The number of H-pyrrole nitrogens is 1. The lowest BCUT2D eigenvalue weighted by Gasteiger charge is -2.14. The van der Waals surface area contributed by atoms with Crippen LogP contribution in [0.1, 0.15) is 35.9 Å². The Bertz CT molecular complexity index is 591. The molecule has 0 aliphatic heterocycles. The molecule has 0 fully saturated rings. The number of aromatic nitrogens is 4.